The average molecular weight is 445 g/mol. The second-order valence-corrected chi connectivity index (χ2v) is 4.81. The summed E-state index contributed by atoms with van der Waals surface area (Å²) in [5, 5.41) is 3.00. The zero-order valence-electron chi connectivity index (χ0n) is 13.6. The fourth-order valence-corrected chi connectivity index (χ4v) is 2.09. The van der Waals surface area contributed by atoms with E-state index in [1.165, 1.54) is 13.2 Å². The molecule has 24 heavy (non-hydrogen) atoms. The molecule has 0 aromatic heterocycles. The summed E-state index contributed by atoms with van der Waals surface area (Å²) >= 11 is 0. The average Bonchev–Trinajstić information content (AvgIpc) is 2.57. The Morgan fingerprint density at radius 3 is 2.54 bits per heavy atom. The third kappa shape index (κ3) is 5.55. The molecular weight excluding hydrogens is 424 g/mol. The third-order valence-corrected chi connectivity index (χ3v) is 3.27. The van der Waals surface area contributed by atoms with Crippen LogP contribution in [0.2, 0.25) is 0 Å². The van der Waals surface area contributed by atoms with Crippen LogP contribution in [0.25, 0.3) is 0 Å². The van der Waals surface area contributed by atoms with E-state index in [0.717, 1.165) is 11.3 Å². The highest BCUT2D eigenvalue weighted by Gasteiger charge is 2.04. The number of para-hydroxylation sites is 2. The van der Waals surface area contributed by atoms with Crippen LogP contribution in [0.3, 0.4) is 0 Å². The Hall–Kier alpha value is -2.03. The number of aliphatic imine (C=N–C) groups is 1. The standard InChI is InChI=1S/C17H20FN3O2.HI/c1-22-15-6-4-3-5-14(15)21-17(19)20-10-9-12-7-8-13(18)16(11-12)23-2;/h3-8,11H,9-10H2,1-2H3,(H3,19,20,21);1H. The van der Waals surface area contributed by atoms with E-state index in [9.17, 15) is 4.39 Å². The first-order valence-electron chi connectivity index (χ1n) is 7.16. The fraction of sp³-hybridized carbons (Fsp3) is 0.235. The minimum absolute atomic E-state index is 0. The van der Waals surface area contributed by atoms with Crippen molar-refractivity contribution >= 4 is 35.6 Å². The summed E-state index contributed by atoms with van der Waals surface area (Å²) < 4.78 is 23.5. The molecule has 2 aromatic rings. The summed E-state index contributed by atoms with van der Waals surface area (Å²) in [6.07, 6.45) is 0.630. The Morgan fingerprint density at radius 2 is 1.83 bits per heavy atom. The first kappa shape index (κ1) is 20.0. The molecular formula is C17H21FIN3O2. The highest BCUT2D eigenvalue weighted by Crippen LogP contribution is 2.22. The predicted molar refractivity (Wildman–Crippen MR) is 105 cm³/mol. The topological polar surface area (TPSA) is 68.9 Å². The van der Waals surface area contributed by atoms with Crippen LogP contribution in [-0.4, -0.2) is 26.7 Å². The molecule has 0 atom stereocenters. The molecule has 0 saturated carbocycles. The molecule has 0 fully saturated rings. The van der Waals surface area contributed by atoms with Gasteiger partial charge in [-0.15, -0.1) is 24.0 Å². The van der Waals surface area contributed by atoms with Crippen molar-refractivity contribution < 1.29 is 13.9 Å². The van der Waals surface area contributed by atoms with Crippen LogP contribution in [0, 0.1) is 5.82 Å². The van der Waals surface area contributed by atoms with Gasteiger partial charge in [-0.05, 0) is 36.2 Å². The van der Waals surface area contributed by atoms with E-state index in [-0.39, 0.29) is 35.5 Å². The largest absolute Gasteiger partial charge is 0.495 e. The number of hydrogen-bond donors (Lipinski definition) is 2. The van der Waals surface area contributed by atoms with Crippen molar-refractivity contribution in [2.45, 2.75) is 6.42 Å². The normalized spacial score (nSPS) is 10.7. The van der Waals surface area contributed by atoms with Crippen molar-refractivity contribution in [2.24, 2.45) is 10.7 Å². The maximum absolute atomic E-state index is 13.3. The van der Waals surface area contributed by atoms with Gasteiger partial charge in [0.2, 0.25) is 0 Å². The van der Waals surface area contributed by atoms with Crippen LogP contribution >= 0.6 is 24.0 Å². The zero-order valence-corrected chi connectivity index (χ0v) is 15.9. The van der Waals surface area contributed by atoms with Gasteiger partial charge in [0.1, 0.15) is 5.75 Å². The number of benzene rings is 2. The fourth-order valence-electron chi connectivity index (χ4n) is 2.09. The van der Waals surface area contributed by atoms with Crippen molar-refractivity contribution in [2.75, 3.05) is 26.1 Å². The van der Waals surface area contributed by atoms with Gasteiger partial charge < -0.3 is 20.5 Å². The lowest BCUT2D eigenvalue weighted by molar-refractivity contribution is 0.386. The number of hydrogen-bond acceptors (Lipinski definition) is 3. The summed E-state index contributed by atoms with van der Waals surface area (Å²) in [5.74, 6) is 0.834. The van der Waals surface area contributed by atoms with Crippen LogP contribution in [0.4, 0.5) is 10.1 Å². The highest BCUT2D eigenvalue weighted by molar-refractivity contribution is 14.0. The Kier molecular flexibility index (Phi) is 8.31. The molecule has 2 aromatic carbocycles. The molecule has 7 heteroatoms. The lowest BCUT2D eigenvalue weighted by atomic mass is 10.1. The summed E-state index contributed by atoms with van der Waals surface area (Å²) in [6, 6.07) is 12.2. The number of nitrogens with two attached hydrogens (primary N) is 1. The minimum atomic E-state index is -0.378. The van der Waals surface area contributed by atoms with Crippen molar-refractivity contribution in [1.29, 1.82) is 0 Å². The lowest BCUT2D eigenvalue weighted by Gasteiger charge is -2.10. The van der Waals surface area contributed by atoms with E-state index in [1.807, 2.05) is 24.3 Å². The second kappa shape index (κ2) is 9.96. The van der Waals surface area contributed by atoms with Gasteiger partial charge in [-0.1, -0.05) is 18.2 Å². The van der Waals surface area contributed by atoms with Crippen LogP contribution in [0.15, 0.2) is 47.5 Å². The Morgan fingerprint density at radius 1 is 1.12 bits per heavy atom. The SMILES string of the molecule is COc1cc(CCN=C(N)Nc2ccccc2OC)ccc1F.I. The van der Waals surface area contributed by atoms with Crippen LogP contribution in [-0.2, 0) is 6.42 Å². The van der Waals surface area contributed by atoms with Gasteiger partial charge in [-0.3, -0.25) is 4.99 Å². The monoisotopic (exact) mass is 445 g/mol. The molecule has 0 aliphatic heterocycles. The number of ether oxygens (including phenoxy) is 2. The first-order valence-corrected chi connectivity index (χ1v) is 7.16. The Bertz CT molecular complexity index is 695. The van der Waals surface area contributed by atoms with E-state index >= 15 is 0 Å². The van der Waals surface area contributed by atoms with Crippen molar-refractivity contribution in [3.05, 3.63) is 53.8 Å². The van der Waals surface area contributed by atoms with Crippen molar-refractivity contribution in [3.8, 4) is 11.5 Å². The van der Waals surface area contributed by atoms with Crippen LogP contribution < -0.4 is 20.5 Å². The number of guanidine groups is 1. The van der Waals surface area contributed by atoms with Gasteiger partial charge in [-0.25, -0.2) is 4.39 Å². The molecule has 0 radical (unpaired) electrons. The van der Waals surface area contributed by atoms with E-state index in [0.29, 0.717) is 24.7 Å². The number of rotatable bonds is 6. The number of nitrogens with zero attached hydrogens (tertiary/aromatic N) is 1. The molecule has 0 unspecified atom stereocenters. The number of nitrogens with one attached hydrogen (secondary N) is 1. The zero-order chi connectivity index (χ0) is 16.7. The summed E-state index contributed by atoms with van der Waals surface area (Å²) in [7, 11) is 3.03. The Labute approximate surface area is 158 Å². The summed E-state index contributed by atoms with van der Waals surface area (Å²) in [6.45, 7) is 0.475. The van der Waals surface area contributed by atoms with Gasteiger partial charge in [0, 0.05) is 6.54 Å². The predicted octanol–water partition coefficient (Wildman–Crippen LogP) is 3.43. The number of methoxy groups -OCH3 is 2. The molecule has 2 rings (SSSR count). The van der Waals surface area contributed by atoms with Crippen LogP contribution in [0.1, 0.15) is 5.56 Å². The molecule has 5 nitrogen and oxygen atoms in total. The van der Waals surface area contributed by atoms with E-state index < -0.39 is 0 Å². The lowest BCUT2D eigenvalue weighted by Crippen LogP contribution is -2.23. The van der Waals surface area contributed by atoms with Gasteiger partial charge in [-0.2, -0.15) is 0 Å². The van der Waals surface area contributed by atoms with Gasteiger partial charge in [0.05, 0.1) is 19.9 Å². The number of halogens is 2. The molecule has 0 heterocycles. The second-order valence-electron chi connectivity index (χ2n) is 4.81. The smallest absolute Gasteiger partial charge is 0.193 e. The first-order chi connectivity index (χ1) is 11.1. The highest BCUT2D eigenvalue weighted by atomic mass is 127. The molecule has 0 aliphatic rings. The quantitative estimate of drug-likeness (QED) is 0.406. The maximum Gasteiger partial charge on any atom is 0.193 e. The van der Waals surface area contributed by atoms with Gasteiger partial charge in [0.15, 0.2) is 17.5 Å². The van der Waals surface area contributed by atoms with E-state index in [4.69, 9.17) is 15.2 Å². The molecule has 0 bridgehead atoms. The van der Waals surface area contributed by atoms with Crippen LogP contribution in [0.5, 0.6) is 11.5 Å². The molecule has 0 amide bonds. The maximum atomic E-state index is 13.3. The summed E-state index contributed by atoms with van der Waals surface area (Å²) in [4.78, 5) is 4.26. The molecule has 0 spiro atoms. The van der Waals surface area contributed by atoms with E-state index in [2.05, 4.69) is 10.3 Å². The molecule has 0 aliphatic carbocycles. The summed E-state index contributed by atoms with van der Waals surface area (Å²) in [5.41, 5.74) is 7.55. The molecule has 3 N–H and O–H groups in total. The number of anilines is 1. The van der Waals surface area contributed by atoms with Crippen molar-refractivity contribution in [3.63, 3.8) is 0 Å². The Balaban J connectivity index is 0.00000288. The van der Waals surface area contributed by atoms with E-state index in [1.54, 1.807) is 19.2 Å². The van der Waals surface area contributed by atoms with Crippen molar-refractivity contribution in [1.82, 2.24) is 0 Å². The minimum Gasteiger partial charge on any atom is -0.495 e. The third-order valence-electron chi connectivity index (χ3n) is 3.27. The van der Waals surface area contributed by atoms with Gasteiger partial charge in [0.25, 0.3) is 0 Å². The van der Waals surface area contributed by atoms with Gasteiger partial charge >= 0.3 is 0 Å². The molecule has 0 saturated heterocycles. The molecule has 130 valence electrons.